The zero-order chi connectivity index (χ0) is 32.9. The zero-order valence-electron chi connectivity index (χ0n) is 25.7. The summed E-state index contributed by atoms with van der Waals surface area (Å²) in [7, 11) is 0. The normalized spacial score (nSPS) is 14.4. The van der Waals surface area contributed by atoms with Gasteiger partial charge in [-0.3, -0.25) is 19.4 Å². The molecule has 2 aromatic carbocycles. The maximum atomic E-state index is 13.7. The minimum atomic E-state index is -1.24. The average Bonchev–Trinajstić information content (AvgIpc) is 3.43. The van der Waals surface area contributed by atoms with E-state index in [1.807, 2.05) is 44.2 Å². The number of H-pyrrole nitrogens is 1. The van der Waals surface area contributed by atoms with Crippen molar-refractivity contribution in [2.45, 2.75) is 70.1 Å². The van der Waals surface area contributed by atoms with Crippen LogP contribution in [0.1, 0.15) is 44.2 Å². The van der Waals surface area contributed by atoms with Crippen LogP contribution in [0.2, 0.25) is 0 Å². The van der Waals surface area contributed by atoms with E-state index in [0.29, 0.717) is 12.8 Å². The summed E-state index contributed by atoms with van der Waals surface area (Å²) in [5, 5.41) is 18.9. The number of hydrogen-bond acceptors (Lipinski definition) is 6. The Kier molecular flexibility index (Phi) is 12.9. The van der Waals surface area contributed by atoms with E-state index < -0.39 is 47.9 Å². The number of benzene rings is 2. The smallest absolute Gasteiger partial charge is 0.326 e. The first-order valence-corrected chi connectivity index (χ1v) is 15.0. The fourth-order valence-corrected chi connectivity index (χ4v) is 4.88. The lowest BCUT2D eigenvalue weighted by Crippen LogP contribution is -2.58. The van der Waals surface area contributed by atoms with Crippen molar-refractivity contribution in [3.8, 4) is 0 Å². The van der Waals surface area contributed by atoms with Crippen molar-refractivity contribution in [2.75, 3.05) is 6.54 Å². The number of hydrogen-bond donors (Lipinski definition) is 8. The Balaban J connectivity index is 1.87. The van der Waals surface area contributed by atoms with E-state index in [2.05, 4.69) is 25.9 Å². The summed E-state index contributed by atoms with van der Waals surface area (Å²) in [5.74, 6) is -3.25. The van der Waals surface area contributed by atoms with Gasteiger partial charge in [-0.25, -0.2) is 4.79 Å². The lowest BCUT2D eigenvalue weighted by atomic mass is 9.98. The average molecular weight is 621 g/mol. The molecule has 3 aromatic rings. The Labute approximate surface area is 262 Å². The van der Waals surface area contributed by atoms with Crippen LogP contribution >= 0.6 is 0 Å². The number of nitrogens with zero attached hydrogens (tertiary/aromatic N) is 1. The standard InChI is InChI=1S/C32H44N8O5/c1-3-19(2)27(33)30(43)38-24(14-9-15-36-32(34)35)28(41)39-25(17-21-18-37-23-13-8-7-12-22(21)23)29(42)40-26(31(44)45)16-20-10-5-4-6-11-20/h4-8,10-13,18-19,24-27,37H,3,9,14-17,33H2,1-2H3,(H,38,43)(H,39,41)(H,40,42)(H,44,45)(H4,34,35,36). The highest BCUT2D eigenvalue weighted by Gasteiger charge is 2.31. The van der Waals surface area contributed by atoms with Crippen LogP contribution in [0.4, 0.5) is 0 Å². The van der Waals surface area contributed by atoms with Gasteiger partial charge in [-0.05, 0) is 36.0 Å². The third kappa shape index (κ3) is 10.3. The summed E-state index contributed by atoms with van der Waals surface area (Å²) in [5.41, 5.74) is 19.3. The number of amides is 3. The quantitative estimate of drug-likeness (QED) is 0.0613. The van der Waals surface area contributed by atoms with E-state index in [1.165, 1.54) is 0 Å². The molecule has 0 bridgehead atoms. The van der Waals surface area contributed by atoms with Crippen molar-refractivity contribution >= 4 is 40.6 Å². The predicted octanol–water partition coefficient (Wildman–Crippen LogP) is 0.919. The van der Waals surface area contributed by atoms with Crippen LogP contribution in [0.15, 0.2) is 65.8 Å². The van der Waals surface area contributed by atoms with Gasteiger partial charge < -0.3 is 43.2 Å². The molecule has 0 aliphatic carbocycles. The Bertz CT molecular complexity index is 1470. The molecule has 5 unspecified atom stereocenters. The number of fused-ring (bicyclic) bond motifs is 1. The predicted molar refractivity (Wildman–Crippen MR) is 173 cm³/mol. The molecule has 1 aromatic heterocycles. The molecule has 0 aliphatic heterocycles. The number of carbonyl (C=O) groups is 4. The first-order valence-electron chi connectivity index (χ1n) is 15.0. The third-order valence-electron chi connectivity index (χ3n) is 7.77. The summed E-state index contributed by atoms with van der Waals surface area (Å²) in [6.45, 7) is 3.97. The van der Waals surface area contributed by atoms with Gasteiger partial charge in [0.25, 0.3) is 0 Å². The molecule has 13 heteroatoms. The van der Waals surface area contributed by atoms with Crippen molar-refractivity contribution in [1.29, 1.82) is 0 Å². The molecule has 45 heavy (non-hydrogen) atoms. The minimum Gasteiger partial charge on any atom is -0.480 e. The van der Waals surface area contributed by atoms with Gasteiger partial charge in [0.15, 0.2) is 5.96 Å². The molecule has 11 N–H and O–H groups in total. The van der Waals surface area contributed by atoms with Crippen LogP contribution < -0.4 is 33.2 Å². The molecule has 0 fully saturated rings. The fraction of sp³-hybridized carbons (Fsp3) is 0.406. The lowest BCUT2D eigenvalue weighted by Gasteiger charge is -2.26. The van der Waals surface area contributed by atoms with Gasteiger partial charge in [0.2, 0.25) is 17.7 Å². The number of para-hydroxylation sites is 1. The highest BCUT2D eigenvalue weighted by molar-refractivity contribution is 5.95. The summed E-state index contributed by atoms with van der Waals surface area (Å²) >= 11 is 0. The number of nitrogens with one attached hydrogen (secondary N) is 4. The summed E-state index contributed by atoms with van der Waals surface area (Å²) < 4.78 is 0. The van der Waals surface area contributed by atoms with Crippen LogP contribution in [-0.2, 0) is 32.0 Å². The van der Waals surface area contributed by atoms with Crippen LogP contribution in [0, 0.1) is 5.92 Å². The van der Waals surface area contributed by atoms with Crippen LogP contribution in [0.5, 0.6) is 0 Å². The lowest BCUT2D eigenvalue weighted by molar-refractivity contribution is -0.142. The van der Waals surface area contributed by atoms with Gasteiger partial charge in [-0.1, -0.05) is 68.8 Å². The number of guanidine groups is 1. The first-order chi connectivity index (χ1) is 21.5. The SMILES string of the molecule is CCC(C)C(N)C(=O)NC(CCCN=C(N)N)C(=O)NC(Cc1c[nH]c2ccccc12)C(=O)NC(Cc1ccccc1)C(=O)O. The molecule has 0 aliphatic rings. The number of carboxylic acids is 1. The van der Waals surface area contributed by atoms with Gasteiger partial charge in [0, 0.05) is 36.5 Å². The van der Waals surface area contributed by atoms with Crippen molar-refractivity contribution < 1.29 is 24.3 Å². The summed E-state index contributed by atoms with van der Waals surface area (Å²) in [6, 6.07) is 12.1. The van der Waals surface area contributed by atoms with Gasteiger partial charge >= 0.3 is 5.97 Å². The van der Waals surface area contributed by atoms with Gasteiger partial charge in [-0.2, -0.15) is 0 Å². The molecule has 0 saturated heterocycles. The Hall–Kier alpha value is -4.91. The van der Waals surface area contributed by atoms with E-state index in [-0.39, 0.29) is 37.7 Å². The number of aromatic nitrogens is 1. The van der Waals surface area contributed by atoms with Gasteiger partial charge in [0.05, 0.1) is 6.04 Å². The minimum absolute atomic E-state index is 0.0483. The molecule has 0 radical (unpaired) electrons. The van der Waals surface area contributed by atoms with Crippen molar-refractivity contribution in [1.82, 2.24) is 20.9 Å². The monoisotopic (exact) mass is 620 g/mol. The Morgan fingerprint density at radius 1 is 0.867 bits per heavy atom. The molecule has 0 saturated carbocycles. The van der Waals surface area contributed by atoms with Crippen LogP contribution in [-0.4, -0.2) is 70.5 Å². The molecule has 3 amide bonds. The van der Waals surface area contributed by atoms with Crippen molar-refractivity contribution in [3.63, 3.8) is 0 Å². The first kappa shape index (κ1) is 34.6. The van der Waals surface area contributed by atoms with Crippen molar-refractivity contribution in [2.24, 2.45) is 28.1 Å². The molecule has 0 spiro atoms. The number of rotatable bonds is 17. The second-order valence-corrected chi connectivity index (χ2v) is 11.1. The third-order valence-corrected chi connectivity index (χ3v) is 7.77. The topological polar surface area (TPSA) is 231 Å². The molecular formula is C32H44N8O5. The van der Waals surface area contributed by atoms with E-state index >= 15 is 0 Å². The highest BCUT2D eigenvalue weighted by Crippen LogP contribution is 2.19. The highest BCUT2D eigenvalue weighted by atomic mass is 16.4. The van der Waals surface area contributed by atoms with Crippen molar-refractivity contribution in [3.05, 3.63) is 71.9 Å². The number of aliphatic carboxylic acids is 1. The molecular weight excluding hydrogens is 576 g/mol. The van der Waals surface area contributed by atoms with Gasteiger partial charge in [-0.15, -0.1) is 0 Å². The maximum Gasteiger partial charge on any atom is 0.326 e. The van der Waals surface area contributed by atoms with E-state index in [9.17, 15) is 24.3 Å². The van der Waals surface area contributed by atoms with E-state index in [4.69, 9.17) is 17.2 Å². The second-order valence-electron chi connectivity index (χ2n) is 11.1. The number of aromatic amines is 1. The summed E-state index contributed by atoms with van der Waals surface area (Å²) in [6.07, 6.45) is 3.03. The number of aliphatic imine (C=N–C) groups is 1. The number of carbonyl (C=O) groups excluding carboxylic acids is 3. The molecule has 3 rings (SSSR count). The van der Waals surface area contributed by atoms with E-state index in [1.54, 1.807) is 30.5 Å². The largest absolute Gasteiger partial charge is 0.480 e. The molecule has 5 atom stereocenters. The molecule has 13 nitrogen and oxygen atoms in total. The van der Waals surface area contributed by atoms with Crippen LogP contribution in [0.3, 0.4) is 0 Å². The summed E-state index contributed by atoms with van der Waals surface area (Å²) in [4.78, 5) is 59.7. The van der Waals surface area contributed by atoms with Crippen LogP contribution in [0.25, 0.3) is 10.9 Å². The Morgan fingerprint density at radius 2 is 1.49 bits per heavy atom. The van der Waals surface area contributed by atoms with Gasteiger partial charge in [0.1, 0.15) is 18.1 Å². The number of carboxylic acid groups (broad SMARTS) is 1. The zero-order valence-corrected chi connectivity index (χ0v) is 25.7. The van der Waals surface area contributed by atoms with E-state index in [0.717, 1.165) is 22.0 Å². The number of nitrogens with two attached hydrogens (primary N) is 3. The second kappa shape index (κ2) is 16.8. The fourth-order valence-electron chi connectivity index (χ4n) is 4.88. The maximum absolute atomic E-state index is 13.7. The molecule has 242 valence electrons. The molecule has 1 heterocycles. The Morgan fingerprint density at radius 3 is 2.16 bits per heavy atom.